The molecule has 1 aliphatic carbocycles. The summed E-state index contributed by atoms with van der Waals surface area (Å²) in [5, 5.41) is 2.64. The number of piperidine rings is 1. The molecule has 152 valence electrons. The van der Waals surface area contributed by atoms with Crippen LogP contribution in [0.5, 0.6) is 5.75 Å². The van der Waals surface area contributed by atoms with Crippen LogP contribution in [0.25, 0.3) is 0 Å². The molecule has 1 saturated heterocycles. The first-order valence-corrected chi connectivity index (χ1v) is 9.91. The largest absolute Gasteiger partial charge is 0.475 e. The van der Waals surface area contributed by atoms with E-state index in [4.69, 9.17) is 9.47 Å². The molecule has 2 aliphatic heterocycles. The van der Waals surface area contributed by atoms with E-state index >= 15 is 0 Å². The van der Waals surface area contributed by atoms with Crippen molar-refractivity contribution in [2.45, 2.75) is 70.6 Å². The lowest BCUT2D eigenvalue weighted by atomic mass is 9.90. The second kappa shape index (κ2) is 6.36. The number of benzene rings is 1. The van der Waals surface area contributed by atoms with Crippen LogP contribution in [0.3, 0.4) is 0 Å². The molecule has 0 radical (unpaired) electrons. The average Bonchev–Trinajstić information content (AvgIpc) is 3.35. The standard InChI is InChI=1S/C21H27FN2O4/c1-12-5-6-15(24(11-12)19(26)28-20(2,3)4)13-9-14(22)17-16(10-13)27-21(7-8-21)18(25)23-17/h9-10,12,15H,5-8,11H2,1-4H3,(H,23,25)/t12-,15?/m0/s1. The van der Waals surface area contributed by atoms with Crippen molar-refractivity contribution in [1.29, 1.82) is 0 Å². The van der Waals surface area contributed by atoms with Crippen molar-refractivity contribution in [3.05, 3.63) is 23.5 Å². The SMILES string of the molecule is C[C@H]1CCC(c2cc(F)c3c(c2)OC2(CC2)C(=O)N3)N(C(=O)OC(C)(C)C)C1. The molecule has 0 bridgehead atoms. The number of nitrogens with one attached hydrogen (secondary N) is 1. The fraction of sp³-hybridized carbons (Fsp3) is 0.619. The van der Waals surface area contributed by atoms with Gasteiger partial charge in [0.05, 0.1) is 6.04 Å². The van der Waals surface area contributed by atoms with Gasteiger partial charge in [0, 0.05) is 19.4 Å². The highest BCUT2D eigenvalue weighted by atomic mass is 19.1. The van der Waals surface area contributed by atoms with Gasteiger partial charge in [0.1, 0.15) is 17.0 Å². The number of amides is 2. The third kappa shape index (κ3) is 3.42. The van der Waals surface area contributed by atoms with Gasteiger partial charge in [-0.15, -0.1) is 0 Å². The van der Waals surface area contributed by atoms with E-state index in [-0.39, 0.29) is 17.6 Å². The summed E-state index contributed by atoms with van der Waals surface area (Å²) < 4.78 is 26.2. The van der Waals surface area contributed by atoms with Crippen molar-refractivity contribution in [2.24, 2.45) is 5.92 Å². The highest BCUT2D eigenvalue weighted by Crippen LogP contribution is 2.49. The lowest BCUT2D eigenvalue weighted by molar-refractivity contribution is -0.125. The van der Waals surface area contributed by atoms with Crippen LogP contribution in [0.15, 0.2) is 12.1 Å². The fourth-order valence-corrected chi connectivity index (χ4v) is 3.94. The van der Waals surface area contributed by atoms with Gasteiger partial charge < -0.3 is 19.7 Å². The monoisotopic (exact) mass is 390 g/mol. The number of nitrogens with zero attached hydrogens (tertiary/aromatic N) is 1. The Labute approximate surface area is 164 Å². The molecule has 1 unspecified atom stereocenters. The molecule has 28 heavy (non-hydrogen) atoms. The molecule has 2 fully saturated rings. The molecule has 1 spiro atoms. The molecule has 4 rings (SSSR count). The number of likely N-dealkylation sites (tertiary alicyclic amines) is 1. The lowest BCUT2D eigenvalue weighted by Crippen LogP contribution is -2.44. The third-order valence-corrected chi connectivity index (χ3v) is 5.57. The molecule has 3 aliphatic rings. The summed E-state index contributed by atoms with van der Waals surface area (Å²) in [5.41, 5.74) is -0.695. The average molecular weight is 390 g/mol. The summed E-state index contributed by atoms with van der Waals surface area (Å²) in [6.45, 7) is 8.14. The van der Waals surface area contributed by atoms with E-state index in [0.717, 1.165) is 12.8 Å². The normalized spacial score (nSPS) is 25.6. The molecular weight excluding hydrogens is 363 g/mol. The summed E-state index contributed by atoms with van der Waals surface area (Å²) in [5.74, 6) is -0.140. The number of ether oxygens (including phenoxy) is 2. The number of carbonyl (C=O) groups is 2. The predicted octanol–water partition coefficient (Wildman–Crippen LogP) is 4.40. The summed E-state index contributed by atoms with van der Waals surface area (Å²) >= 11 is 0. The van der Waals surface area contributed by atoms with E-state index in [1.165, 1.54) is 6.07 Å². The van der Waals surface area contributed by atoms with Crippen LogP contribution in [0.4, 0.5) is 14.9 Å². The third-order valence-electron chi connectivity index (χ3n) is 5.57. The van der Waals surface area contributed by atoms with E-state index < -0.39 is 23.1 Å². The van der Waals surface area contributed by atoms with Crippen LogP contribution < -0.4 is 10.1 Å². The Kier molecular flexibility index (Phi) is 4.32. The second-order valence-corrected chi connectivity index (χ2v) is 9.26. The highest BCUT2D eigenvalue weighted by Gasteiger charge is 2.56. The predicted molar refractivity (Wildman–Crippen MR) is 102 cm³/mol. The van der Waals surface area contributed by atoms with Gasteiger partial charge in [-0.3, -0.25) is 4.79 Å². The number of fused-ring (bicyclic) bond motifs is 1. The molecule has 2 heterocycles. The van der Waals surface area contributed by atoms with Gasteiger partial charge in [0.2, 0.25) is 0 Å². The molecule has 7 heteroatoms. The van der Waals surface area contributed by atoms with Crippen molar-refractivity contribution in [3.8, 4) is 5.75 Å². The van der Waals surface area contributed by atoms with Gasteiger partial charge in [-0.25, -0.2) is 9.18 Å². The van der Waals surface area contributed by atoms with Gasteiger partial charge in [0.25, 0.3) is 5.91 Å². The Hall–Kier alpha value is -2.31. The Morgan fingerprint density at radius 3 is 2.68 bits per heavy atom. The number of anilines is 1. The van der Waals surface area contributed by atoms with Crippen LogP contribution >= 0.6 is 0 Å². The van der Waals surface area contributed by atoms with Crippen molar-refractivity contribution in [1.82, 2.24) is 4.90 Å². The maximum absolute atomic E-state index is 14.8. The first-order chi connectivity index (χ1) is 13.1. The van der Waals surface area contributed by atoms with Gasteiger partial charge in [-0.05, 0) is 57.2 Å². The highest BCUT2D eigenvalue weighted by molar-refractivity contribution is 6.02. The number of carbonyl (C=O) groups excluding carboxylic acids is 2. The first kappa shape index (κ1) is 19.0. The van der Waals surface area contributed by atoms with Crippen LogP contribution in [0.2, 0.25) is 0 Å². The summed E-state index contributed by atoms with van der Waals surface area (Å²) in [6.07, 6.45) is 2.53. The summed E-state index contributed by atoms with van der Waals surface area (Å²) in [7, 11) is 0. The van der Waals surface area contributed by atoms with E-state index in [1.807, 2.05) is 20.8 Å². The minimum atomic E-state index is -0.843. The van der Waals surface area contributed by atoms with E-state index in [0.29, 0.717) is 36.6 Å². The summed E-state index contributed by atoms with van der Waals surface area (Å²) in [4.78, 5) is 26.6. The topological polar surface area (TPSA) is 67.9 Å². The number of hydrogen-bond donors (Lipinski definition) is 1. The number of halogens is 1. The van der Waals surface area contributed by atoms with Crippen LogP contribution in [0.1, 0.15) is 65.0 Å². The Morgan fingerprint density at radius 2 is 2.04 bits per heavy atom. The lowest BCUT2D eigenvalue weighted by Gasteiger charge is -2.40. The minimum absolute atomic E-state index is 0.0827. The van der Waals surface area contributed by atoms with Crippen molar-refractivity contribution in [2.75, 3.05) is 11.9 Å². The zero-order valence-corrected chi connectivity index (χ0v) is 16.8. The van der Waals surface area contributed by atoms with Gasteiger partial charge in [-0.2, -0.15) is 0 Å². The van der Waals surface area contributed by atoms with Crippen LogP contribution in [-0.2, 0) is 9.53 Å². The van der Waals surface area contributed by atoms with E-state index in [9.17, 15) is 14.0 Å². The maximum Gasteiger partial charge on any atom is 0.410 e. The molecule has 6 nitrogen and oxygen atoms in total. The van der Waals surface area contributed by atoms with Gasteiger partial charge >= 0.3 is 6.09 Å². The van der Waals surface area contributed by atoms with Crippen molar-refractivity contribution < 1.29 is 23.5 Å². The van der Waals surface area contributed by atoms with E-state index in [1.54, 1.807) is 11.0 Å². The molecule has 0 aromatic heterocycles. The molecule has 2 amide bonds. The molecule has 1 aromatic carbocycles. The van der Waals surface area contributed by atoms with Crippen LogP contribution in [-0.4, -0.2) is 34.6 Å². The molecular formula is C21H27FN2O4. The maximum atomic E-state index is 14.8. The molecule has 1 aromatic rings. The Bertz CT molecular complexity index is 828. The quantitative estimate of drug-likeness (QED) is 0.772. The minimum Gasteiger partial charge on any atom is -0.475 e. The zero-order chi connectivity index (χ0) is 20.3. The van der Waals surface area contributed by atoms with E-state index in [2.05, 4.69) is 12.2 Å². The van der Waals surface area contributed by atoms with Crippen molar-refractivity contribution in [3.63, 3.8) is 0 Å². The van der Waals surface area contributed by atoms with Crippen LogP contribution in [0, 0.1) is 11.7 Å². The smallest absolute Gasteiger partial charge is 0.410 e. The van der Waals surface area contributed by atoms with Gasteiger partial charge in [0.15, 0.2) is 11.4 Å². The fourth-order valence-electron chi connectivity index (χ4n) is 3.94. The molecule has 1 N–H and O–H groups in total. The number of hydrogen-bond acceptors (Lipinski definition) is 4. The zero-order valence-electron chi connectivity index (χ0n) is 16.8. The molecule has 2 atom stereocenters. The first-order valence-electron chi connectivity index (χ1n) is 9.91. The van der Waals surface area contributed by atoms with Crippen molar-refractivity contribution >= 4 is 17.7 Å². The second-order valence-electron chi connectivity index (χ2n) is 9.26. The Balaban J connectivity index is 1.66. The number of rotatable bonds is 1. The summed E-state index contributed by atoms with van der Waals surface area (Å²) in [6, 6.07) is 2.86. The molecule has 1 saturated carbocycles. The Morgan fingerprint density at radius 1 is 1.32 bits per heavy atom. The van der Waals surface area contributed by atoms with Gasteiger partial charge in [-0.1, -0.05) is 6.92 Å².